The maximum Gasteiger partial charge on any atom is 0.294 e. The second kappa shape index (κ2) is 14.4. The van der Waals surface area contributed by atoms with Gasteiger partial charge in [-0.3, -0.25) is 9.59 Å². The van der Waals surface area contributed by atoms with Crippen LogP contribution in [0.1, 0.15) is 87.7 Å². The number of carbonyl (C=O) groups excluding carboxylic acids is 1. The van der Waals surface area contributed by atoms with Crippen molar-refractivity contribution in [1.82, 2.24) is 14.9 Å². The minimum absolute atomic E-state index is 0.0213. The van der Waals surface area contributed by atoms with E-state index in [0.29, 0.717) is 35.4 Å². The summed E-state index contributed by atoms with van der Waals surface area (Å²) in [6.45, 7) is 15.8. The van der Waals surface area contributed by atoms with Crippen LogP contribution < -0.4 is 10.3 Å². The van der Waals surface area contributed by atoms with Crippen LogP contribution in [0.15, 0.2) is 53.3 Å². The van der Waals surface area contributed by atoms with Gasteiger partial charge in [0.2, 0.25) is 5.75 Å². The number of ether oxygens (including phenoxy) is 1. The monoisotopic (exact) mass is 671 g/mol. The van der Waals surface area contributed by atoms with E-state index in [-0.39, 0.29) is 40.5 Å². The number of aromatic nitrogens is 2. The summed E-state index contributed by atoms with van der Waals surface area (Å²) < 4.78 is 12.5. The number of carbonyl (C=O) groups is 1. The molecule has 4 rings (SSSR count). The number of nitrogens with one attached hydrogen (secondary N) is 1. The molecule has 2 aromatic carbocycles. The van der Waals surface area contributed by atoms with Gasteiger partial charge in [0, 0.05) is 24.4 Å². The first kappa shape index (κ1) is 35.2. The fourth-order valence-corrected chi connectivity index (χ4v) is 7.05. The molecule has 0 aliphatic heterocycles. The van der Waals surface area contributed by atoms with Gasteiger partial charge in [0.05, 0.1) is 16.7 Å². The molecule has 0 saturated heterocycles. The van der Waals surface area contributed by atoms with Crippen LogP contribution in [0.4, 0.5) is 0 Å². The van der Waals surface area contributed by atoms with Crippen LogP contribution in [0.3, 0.4) is 0 Å². The Balaban J connectivity index is 1.70. The van der Waals surface area contributed by atoms with Gasteiger partial charge in [-0.15, -0.1) is 0 Å². The average molecular weight is 673 g/mol. The smallest absolute Gasteiger partial charge is 0.294 e. The summed E-state index contributed by atoms with van der Waals surface area (Å²) in [5.74, 6) is 0.0254. The van der Waals surface area contributed by atoms with Gasteiger partial charge in [0.1, 0.15) is 12.4 Å². The van der Waals surface area contributed by atoms with Crippen LogP contribution in [0.5, 0.6) is 5.75 Å². The van der Waals surface area contributed by atoms with Crippen LogP contribution in [-0.4, -0.2) is 48.3 Å². The zero-order valence-corrected chi connectivity index (χ0v) is 30.1. The summed E-state index contributed by atoms with van der Waals surface area (Å²) in [5.41, 5.74) is 1.20. The van der Waals surface area contributed by atoms with Crippen molar-refractivity contribution in [3.63, 3.8) is 0 Å². The predicted molar refractivity (Wildman–Crippen MR) is 185 cm³/mol. The molecule has 1 aromatic heterocycles. The lowest BCUT2D eigenvalue weighted by atomic mass is 9.76. The molecule has 1 aliphatic carbocycles. The molecule has 1 fully saturated rings. The summed E-state index contributed by atoms with van der Waals surface area (Å²) >= 11 is 12.7. The lowest BCUT2D eigenvalue weighted by molar-refractivity contribution is 0.0657. The molecule has 1 aliphatic rings. The second-order valence-electron chi connectivity index (χ2n) is 14.0. The maximum absolute atomic E-state index is 14.3. The fraction of sp³-hybridized carbons (Fsp3) is 0.514. The van der Waals surface area contributed by atoms with Crippen molar-refractivity contribution < 1.29 is 14.0 Å². The van der Waals surface area contributed by atoms with Gasteiger partial charge in [0.15, 0.2) is 14.0 Å². The summed E-state index contributed by atoms with van der Waals surface area (Å²) in [5, 5.41) is 1.04. The first-order valence-corrected chi connectivity index (χ1v) is 19.5. The fourth-order valence-electron chi connectivity index (χ4n) is 5.71. The second-order valence-corrected chi connectivity index (χ2v) is 19.6. The van der Waals surface area contributed by atoms with Gasteiger partial charge in [0.25, 0.3) is 11.5 Å². The van der Waals surface area contributed by atoms with Crippen molar-refractivity contribution in [2.75, 3.05) is 13.2 Å². The predicted octanol–water partition coefficient (Wildman–Crippen LogP) is 8.58. The molecule has 1 amide bonds. The number of benzene rings is 2. The van der Waals surface area contributed by atoms with Crippen molar-refractivity contribution in [2.24, 2.45) is 0 Å². The Bertz CT molecular complexity index is 1530. The normalized spacial score (nSPS) is 15.0. The number of hydrogen-bond acceptors (Lipinski definition) is 5. The van der Waals surface area contributed by atoms with E-state index in [2.05, 4.69) is 38.8 Å². The zero-order chi connectivity index (χ0) is 33.0. The van der Waals surface area contributed by atoms with Gasteiger partial charge >= 0.3 is 0 Å². The molecule has 1 heterocycles. The maximum atomic E-state index is 14.3. The molecule has 0 bridgehead atoms. The van der Waals surface area contributed by atoms with E-state index in [1.54, 1.807) is 4.90 Å². The highest BCUT2D eigenvalue weighted by atomic mass is 35.5. The molecule has 3 aromatic rings. The molecule has 7 nitrogen and oxygen atoms in total. The molecular formula is C35H47Cl2N3O4Si. The highest BCUT2D eigenvalue weighted by Crippen LogP contribution is 2.44. The van der Waals surface area contributed by atoms with E-state index in [9.17, 15) is 9.59 Å². The molecule has 1 saturated carbocycles. The Morgan fingerprint density at radius 3 is 2.33 bits per heavy atom. The summed E-state index contributed by atoms with van der Waals surface area (Å²) in [7, 11) is -2.02. The average Bonchev–Trinajstić information content (AvgIpc) is 3.45. The highest BCUT2D eigenvalue weighted by Gasteiger charge is 2.39. The van der Waals surface area contributed by atoms with Crippen molar-refractivity contribution in [3.8, 4) is 5.75 Å². The first-order chi connectivity index (χ1) is 21.1. The van der Waals surface area contributed by atoms with E-state index in [4.69, 9.17) is 37.3 Å². The Hall–Kier alpha value is -2.65. The lowest BCUT2D eigenvalue weighted by Gasteiger charge is -2.37. The highest BCUT2D eigenvalue weighted by molar-refractivity contribution is 6.74. The number of hydrogen-bond donors (Lipinski definition) is 1. The standard InChI is InChI=1S/C35H47Cl2N3O4Si/c1-24(2)40(19-20-44-45(6,7)34(3,4)5)33(42)30-31(43-23-25-13-9-8-10-14-25)32(41)39-29(38-30)22-35(17-11-12-18-35)26-15-16-27(36)28(37)21-26/h8-10,13-16,21,24H,11-12,17-20,22-23H2,1-7H3,(H,38,39,41). The van der Waals surface area contributed by atoms with E-state index >= 15 is 0 Å². The van der Waals surface area contributed by atoms with E-state index in [1.165, 1.54) is 0 Å². The third-order valence-electron chi connectivity index (χ3n) is 9.44. The SMILES string of the molecule is CC(C)N(CCO[Si](C)(C)C(C)(C)C)C(=O)c1nc(CC2(c3ccc(Cl)c(Cl)c3)CCCC2)[nH]c(=O)c1OCc1ccccc1. The lowest BCUT2D eigenvalue weighted by Crippen LogP contribution is -2.45. The third kappa shape index (κ3) is 8.39. The van der Waals surface area contributed by atoms with E-state index < -0.39 is 13.9 Å². The quantitative estimate of drug-likeness (QED) is 0.195. The van der Waals surface area contributed by atoms with Gasteiger partial charge < -0.3 is 19.0 Å². The Labute approximate surface area is 278 Å². The number of aromatic amines is 1. The van der Waals surface area contributed by atoms with Gasteiger partial charge in [-0.05, 0) is 68.1 Å². The van der Waals surface area contributed by atoms with Gasteiger partial charge in [-0.25, -0.2) is 4.98 Å². The molecular weight excluding hydrogens is 625 g/mol. The summed E-state index contributed by atoms with van der Waals surface area (Å²) in [4.78, 5) is 37.5. The molecule has 244 valence electrons. The third-order valence-corrected chi connectivity index (χ3v) is 14.7. The molecule has 1 N–H and O–H groups in total. The van der Waals surface area contributed by atoms with Gasteiger partial charge in [-0.1, -0.05) is 93.2 Å². The Kier molecular flexibility index (Phi) is 11.3. The van der Waals surface area contributed by atoms with Crippen LogP contribution in [0, 0.1) is 0 Å². The minimum Gasteiger partial charge on any atom is -0.481 e. The van der Waals surface area contributed by atoms with Crippen molar-refractivity contribution in [2.45, 2.75) is 103 Å². The van der Waals surface area contributed by atoms with Crippen LogP contribution in [0.25, 0.3) is 0 Å². The van der Waals surface area contributed by atoms with Crippen molar-refractivity contribution >= 4 is 37.4 Å². The number of halogens is 2. The zero-order valence-electron chi connectivity index (χ0n) is 27.6. The molecule has 10 heteroatoms. The topological polar surface area (TPSA) is 84.5 Å². The minimum atomic E-state index is -2.02. The van der Waals surface area contributed by atoms with Crippen molar-refractivity contribution in [1.29, 1.82) is 0 Å². The number of H-pyrrole nitrogens is 1. The number of nitrogens with zero attached hydrogens (tertiary/aromatic N) is 2. The Morgan fingerprint density at radius 1 is 1.07 bits per heavy atom. The largest absolute Gasteiger partial charge is 0.481 e. The first-order valence-electron chi connectivity index (χ1n) is 15.8. The number of amides is 1. The van der Waals surface area contributed by atoms with Crippen LogP contribution in [-0.2, 0) is 22.9 Å². The number of rotatable bonds is 12. The molecule has 0 atom stereocenters. The van der Waals surface area contributed by atoms with E-state index in [0.717, 1.165) is 36.8 Å². The molecule has 0 unspecified atom stereocenters. The summed E-state index contributed by atoms with van der Waals surface area (Å²) in [6, 6.07) is 15.1. The molecule has 0 radical (unpaired) electrons. The van der Waals surface area contributed by atoms with Crippen molar-refractivity contribution in [3.05, 3.63) is 91.6 Å². The molecule has 0 spiro atoms. The summed E-state index contributed by atoms with van der Waals surface area (Å²) in [6.07, 6.45) is 4.36. The Morgan fingerprint density at radius 2 is 1.73 bits per heavy atom. The van der Waals surface area contributed by atoms with E-state index in [1.807, 2.05) is 62.4 Å². The molecule has 45 heavy (non-hydrogen) atoms. The van der Waals surface area contributed by atoms with Crippen LogP contribution >= 0.6 is 23.2 Å². The van der Waals surface area contributed by atoms with Gasteiger partial charge in [-0.2, -0.15) is 0 Å². The van der Waals surface area contributed by atoms with Crippen LogP contribution in [0.2, 0.25) is 28.2 Å².